The maximum absolute atomic E-state index is 11.6. The molecular formula is C24H29NO2. The van der Waals surface area contributed by atoms with Gasteiger partial charge in [-0.15, -0.1) is 0 Å². The van der Waals surface area contributed by atoms with Crippen LogP contribution in [0.3, 0.4) is 0 Å². The van der Waals surface area contributed by atoms with E-state index in [2.05, 4.69) is 61.7 Å². The molecular weight excluding hydrogens is 334 g/mol. The number of benzene rings is 1. The number of aliphatic carboxylic acids is 1. The topological polar surface area (TPSA) is 42.2 Å². The number of hydrogen-bond acceptors (Lipinski definition) is 1. The van der Waals surface area contributed by atoms with Crippen molar-refractivity contribution in [2.75, 3.05) is 0 Å². The largest absolute Gasteiger partial charge is 0.481 e. The minimum absolute atomic E-state index is 0.211. The number of fused-ring (bicyclic) bond motifs is 1. The van der Waals surface area contributed by atoms with Gasteiger partial charge in [0.2, 0.25) is 0 Å². The first-order chi connectivity index (χ1) is 13.0. The summed E-state index contributed by atoms with van der Waals surface area (Å²) in [5.41, 5.74) is 5.36. The number of rotatable bonds is 3. The Morgan fingerprint density at radius 2 is 1.89 bits per heavy atom. The molecule has 0 saturated carbocycles. The molecule has 2 aromatic rings. The Labute approximate surface area is 161 Å². The van der Waals surface area contributed by atoms with Crippen molar-refractivity contribution in [3.8, 4) is 11.3 Å². The molecule has 0 spiro atoms. The first kappa shape index (κ1) is 18.1. The monoisotopic (exact) mass is 363 g/mol. The van der Waals surface area contributed by atoms with E-state index in [1.165, 1.54) is 22.5 Å². The van der Waals surface area contributed by atoms with E-state index < -0.39 is 5.97 Å². The first-order valence-corrected chi connectivity index (χ1v) is 10.2. The summed E-state index contributed by atoms with van der Waals surface area (Å²) in [6, 6.07) is 13.1. The van der Waals surface area contributed by atoms with E-state index in [1.54, 1.807) is 0 Å². The second-order valence-corrected chi connectivity index (χ2v) is 8.49. The molecule has 0 fully saturated rings. The predicted molar refractivity (Wildman–Crippen MR) is 109 cm³/mol. The highest BCUT2D eigenvalue weighted by Gasteiger charge is 2.35. The van der Waals surface area contributed by atoms with Gasteiger partial charge in [0.15, 0.2) is 0 Å². The molecule has 1 aromatic carbocycles. The zero-order valence-electron chi connectivity index (χ0n) is 16.4. The number of allylic oxidation sites excluding steroid dienone is 1. The lowest BCUT2D eigenvalue weighted by Gasteiger charge is -2.35. The first-order valence-electron chi connectivity index (χ1n) is 10.2. The average molecular weight is 364 g/mol. The minimum Gasteiger partial charge on any atom is -0.481 e. The fraction of sp³-hybridized carbons (Fsp3) is 0.458. The number of aromatic nitrogens is 1. The quantitative estimate of drug-likeness (QED) is 0.713. The molecule has 0 aliphatic heterocycles. The Balaban J connectivity index is 1.85. The Kier molecular flexibility index (Phi) is 4.71. The molecule has 5 atom stereocenters. The van der Waals surface area contributed by atoms with Crippen LogP contribution in [0.5, 0.6) is 0 Å². The second-order valence-electron chi connectivity index (χ2n) is 8.49. The van der Waals surface area contributed by atoms with E-state index in [0.29, 0.717) is 24.2 Å². The van der Waals surface area contributed by atoms with Crippen molar-refractivity contribution < 1.29 is 9.90 Å². The molecule has 2 aliphatic rings. The molecule has 1 N–H and O–H groups in total. The van der Waals surface area contributed by atoms with Crippen molar-refractivity contribution >= 4 is 5.97 Å². The van der Waals surface area contributed by atoms with Crippen molar-refractivity contribution in [1.29, 1.82) is 0 Å². The van der Waals surface area contributed by atoms with E-state index >= 15 is 0 Å². The maximum atomic E-state index is 11.6. The van der Waals surface area contributed by atoms with Crippen molar-refractivity contribution in [3.63, 3.8) is 0 Å². The van der Waals surface area contributed by atoms with Gasteiger partial charge in [0.25, 0.3) is 0 Å². The third-order valence-corrected chi connectivity index (χ3v) is 6.92. The van der Waals surface area contributed by atoms with Crippen molar-refractivity contribution in [2.45, 2.75) is 52.0 Å². The van der Waals surface area contributed by atoms with Crippen LogP contribution >= 0.6 is 0 Å². The van der Waals surface area contributed by atoms with Gasteiger partial charge >= 0.3 is 5.97 Å². The highest BCUT2D eigenvalue weighted by Crippen LogP contribution is 2.45. The Morgan fingerprint density at radius 1 is 1.15 bits per heavy atom. The summed E-state index contributed by atoms with van der Waals surface area (Å²) >= 11 is 0. The molecule has 3 nitrogen and oxygen atoms in total. The van der Waals surface area contributed by atoms with E-state index in [1.807, 2.05) is 12.1 Å². The molecule has 0 amide bonds. The van der Waals surface area contributed by atoms with Crippen LogP contribution in [0.2, 0.25) is 0 Å². The van der Waals surface area contributed by atoms with Gasteiger partial charge in [-0.05, 0) is 54.2 Å². The molecule has 0 bridgehead atoms. The van der Waals surface area contributed by atoms with Crippen LogP contribution in [0.4, 0.5) is 0 Å². The van der Waals surface area contributed by atoms with Crippen molar-refractivity contribution in [2.24, 2.45) is 17.8 Å². The number of carboxylic acid groups (broad SMARTS) is 1. The molecule has 1 heterocycles. The lowest BCUT2D eigenvalue weighted by Crippen LogP contribution is -2.28. The molecule has 0 saturated heterocycles. The van der Waals surface area contributed by atoms with Crippen molar-refractivity contribution in [1.82, 2.24) is 4.57 Å². The molecule has 4 rings (SSSR count). The second kappa shape index (κ2) is 7.03. The normalized spacial score (nSPS) is 30.1. The SMILES string of the molecule is CC1Cc2c(cc(-c3ccccc3)n2C2CC=CC(C(=O)O)C2)C(C)C1C. The summed E-state index contributed by atoms with van der Waals surface area (Å²) in [4.78, 5) is 11.6. The molecule has 3 heteroatoms. The molecule has 2 aliphatic carbocycles. The lowest BCUT2D eigenvalue weighted by molar-refractivity contribution is -0.140. The van der Waals surface area contributed by atoms with Crippen molar-refractivity contribution in [3.05, 3.63) is 59.8 Å². The number of carboxylic acids is 1. The third-order valence-electron chi connectivity index (χ3n) is 6.92. The minimum atomic E-state index is -0.714. The molecule has 0 radical (unpaired) electrons. The maximum Gasteiger partial charge on any atom is 0.310 e. The molecule has 5 unspecified atom stereocenters. The molecule has 142 valence electrons. The highest BCUT2D eigenvalue weighted by molar-refractivity contribution is 5.72. The predicted octanol–water partition coefficient (Wildman–Crippen LogP) is 5.68. The Morgan fingerprint density at radius 3 is 2.59 bits per heavy atom. The van der Waals surface area contributed by atoms with E-state index in [-0.39, 0.29) is 12.0 Å². The van der Waals surface area contributed by atoms with Gasteiger partial charge in [0, 0.05) is 17.4 Å². The summed E-state index contributed by atoms with van der Waals surface area (Å²) in [5, 5.41) is 9.54. The fourth-order valence-corrected chi connectivity index (χ4v) is 4.97. The van der Waals surface area contributed by atoms with Gasteiger partial charge in [-0.2, -0.15) is 0 Å². The van der Waals surface area contributed by atoms with Gasteiger partial charge in [-0.25, -0.2) is 0 Å². The van der Waals surface area contributed by atoms with Gasteiger partial charge in [0.05, 0.1) is 5.92 Å². The van der Waals surface area contributed by atoms with Crippen LogP contribution in [0.15, 0.2) is 48.6 Å². The molecule has 27 heavy (non-hydrogen) atoms. The summed E-state index contributed by atoms with van der Waals surface area (Å²) < 4.78 is 2.49. The molecule has 1 aromatic heterocycles. The Bertz CT molecular complexity index is 864. The highest BCUT2D eigenvalue weighted by atomic mass is 16.4. The van der Waals surface area contributed by atoms with Crippen LogP contribution in [0.25, 0.3) is 11.3 Å². The standard InChI is InChI=1S/C24H29NO2/c1-15-12-23-21(17(3)16(15)2)14-22(18-8-5-4-6-9-18)25(23)20-11-7-10-19(13-20)24(26)27/h4-10,14-17,19-20H,11-13H2,1-3H3,(H,26,27). The van der Waals surface area contributed by atoms with Gasteiger partial charge in [-0.1, -0.05) is 63.3 Å². The third kappa shape index (κ3) is 3.13. The van der Waals surface area contributed by atoms with E-state index in [4.69, 9.17) is 0 Å². The van der Waals surface area contributed by atoms with Gasteiger partial charge in [-0.3, -0.25) is 4.79 Å². The summed E-state index contributed by atoms with van der Waals surface area (Å²) in [6.45, 7) is 7.06. The lowest BCUT2D eigenvalue weighted by atomic mass is 9.73. The van der Waals surface area contributed by atoms with Crippen LogP contribution < -0.4 is 0 Å². The zero-order chi connectivity index (χ0) is 19.1. The summed E-state index contributed by atoms with van der Waals surface area (Å²) in [7, 11) is 0. The number of nitrogens with zero attached hydrogens (tertiary/aromatic N) is 1. The fourth-order valence-electron chi connectivity index (χ4n) is 4.97. The van der Waals surface area contributed by atoms with Crippen LogP contribution in [-0.2, 0) is 11.2 Å². The number of hydrogen-bond donors (Lipinski definition) is 1. The Hall–Kier alpha value is -2.29. The van der Waals surface area contributed by atoms with Gasteiger partial charge < -0.3 is 9.67 Å². The van der Waals surface area contributed by atoms with E-state index in [0.717, 1.165) is 12.8 Å². The smallest absolute Gasteiger partial charge is 0.310 e. The summed E-state index contributed by atoms with van der Waals surface area (Å²) in [6.07, 6.45) is 6.58. The average Bonchev–Trinajstić information content (AvgIpc) is 3.06. The van der Waals surface area contributed by atoms with Gasteiger partial charge in [0.1, 0.15) is 0 Å². The number of carbonyl (C=O) groups is 1. The summed E-state index contributed by atoms with van der Waals surface area (Å²) in [5.74, 6) is 0.729. The van der Waals surface area contributed by atoms with Crippen LogP contribution in [0.1, 0.15) is 56.8 Å². The van der Waals surface area contributed by atoms with Crippen LogP contribution in [-0.4, -0.2) is 15.6 Å². The van der Waals surface area contributed by atoms with E-state index in [9.17, 15) is 9.90 Å². The van der Waals surface area contributed by atoms with Crippen LogP contribution in [0, 0.1) is 17.8 Å². The zero-order valence-corrected chi connectivity index (χ0v) is 16.4.